The third-order valence-corrected chi connectivity index (χ3v) is 7.51. The maximum Gasteiger partial charge on any atom is 0.319 e. The van der Waals surface area contributed by atoms with Gasteiger partial charge in [0, 0.05) is 41.8 Å². The van der Waals surface area contributed by atoms with Gasteiger partial charge in [0.2, 0.25) is 5.56 Å². The number of fused-ring (bicyclic) bond motifs is 1. The zero-order valence-corrected chi connectivity index (χ0v) is 25.4. The summed E-state index contributed by atoms with van der Waals surface area (Å²) in [4.78, 5) is 27.6. The molecule has 0 bridgehead atoms. The van der Waals surface area contributed by atoms with Gasteiger partial charge < -0.3 is 35.5 Å². The second-order valence-corrected chi connectivity index (χ2v) is 10.9. The van der Waals surface area contributed by atoms with Crippen LogP contribution in [0.1, 0.15) is 35.3 Å². The van der Waals surface area contributed by atoms with Crippen molar-refractivity contribution in [1.29, 1.82) is 0 Å². The molecule has 232 valence electrons. The van der Waals surface area contributed by atoms with Crippen molar-refractivity contribution in [1.82, 2.24) is 15.6 Å². The number of aromatic amines is 1. The lowest BCUT2D eigenvalue weighted by Gasteiger charge is -2.20. The van der Waals surface area contributed by atoms with E-state index >= 15 is 0 Å². The van der Waals surface area contributed by atoms with E-state index in [1.165, 1.54) is 6.07 Å². The van der Waals surface area contributed by atoms with Crippen LogP contribution in [-0.2, 0) is 19.6 Å². The minimum absolute atomic E-state index is 0.0359. The summed E-state index contributed by atoms with van der Waals surface area (Å²) >= 11 is 0. The number of hydrogen-bond acceptors (Lipinski definition) is 6. The van der Waals surface area contributed by atoms with Gasteiger partial charge in [-0.05, 0) is 60.4 Å². The van der Waals surface area contributed by atoms with Gasteiger partial charge in [-0.2, -0.15) is 0 Å². The summed E-state index contributed by atoms with van der Waals surface area (Å²) in [5.41, 5.74) is 4.63. The average molecular weight is 607 g/mol. The molecule has 0 radical (unpaired) electrons. The number of H-pyrrole nitrogens is 1. The molecule has 0 saturated carbocycles. The average Bonchev–Trinajstić information content (AvgIpc) is 3.05. The highest BCUT2D eigenvalue weighted by Gasteiger charge is 2.16. The number of aliphatic hydroxyl groups excluding tert-OH is 1. The Morgan fingerprint density at radius 2 is 1.67 bits per heavy atom. The van der Waals surface area contributed by atoms with Crippen LogP contribution in [0.2, 0.25) is 0 Å². The van der Waals surface area contributed by atoms with Crippen LogP contribution < -0.4 is 31.0 Å². The number of nitrogens with one attached hydrogen (secondary N) is 4. The van der Waals surface area contributed by atoms with Crippen molar-refractivity contribution in [3.63, 3.8) is 0 Å². The van der Waals surface area contributed by atoms with E-state index in [0.717, 1.165) is 27.8 Å². The van der Waals surface area contributed by atoms with Crippen molar-refractivity contribution in [2.75, 3.05) is 19.0 Å². The van der Waals surface area contributed by atoms with Gasteiger partial charge in [0.1, 0.15) is 18.1 Å². The highest BCUT2D eigenvalue weighted by molar-refractivity contribution is 5.89. The van der Waals surface area contributed by atoms with Gasteiger partial charge in [-0.3, -0.25) is 4.79 Å². The number of aliphatic hydroxyl groups is 1. The summed E-state index contributed by atoms with van der Waals surface area (Å²) in [6, 6.07) is 31.6. The predicted molar refractivity (Wildman–Crippen MR) is 177 cm³/mol. The number of pyridine rings is 1. The molecule has 4 aromatic carbocycles. The fourth-order valence-corrected chi connectivity index (χ4v) is 5.22. The van der Waals surface area contributed by atoms with Crippen LogP contribution in [0, 0.1) is 0 Å². The summed E-state index contributed by atoms with van der Waals surface area (Å²) in [7, 11) is 1.60. The van der Waals surface area contributed by atoms with Crippen molar-refractivity contribution < 1.29 is 19.4 Å². The SMILES string of the molecule is COc1ccccc1CNC(=O)Nc1cccc(CC(C)NCC(O)c2ccc(OCc3ccccc3)c3[nH]c(=O)ccc23)c1. The maximum atomic E-state index is 12.5. The first-order valence-electron chi connectivity index (χ1n) is 14.9. The fraction of sp³-hybridized carbons (Fsp3) is 0.222. The number of ether oxygens (including phenoxy) is 2. The van der Waals surface area contributed by atoms with E-state index in [2.05, 4.69) is 20.9 Å². The summed E-state index contributed by atoms with van der Waals surface area (Å²) in [6.45, 7) is 3.05. The number of hydrogen-bond donors (Lipinski definition) is 5. The first-order valence-corrected chi connectivity index (χ1v) is 14.9. The van der Waals surface area contributed by atoms with E-state index in [4.69, 9.17) is 9.47 Å². The number of para-hydroxylation sites is 1. The Morgan fingerprint density at radius 1 is 0.889 bits per heavy atom. The first-order chi connectivity index (χ1) is 21.9. The minimum Gasteiger partial charge on any atom is -0.496 e. The Bertz CT molecular complexity index is 1790. The Morgan fingerprint density at radius 3 is 2.49 bits per heavy atom. The molecule has 9 heteroatoms. The standard InChI is InChI=1S/C36H38N4O5/c1-24(19-26-11-8-13-28(20-26)39-36(43)38-21-27-12-6-7-14-32(27)44-2)37-22-31(41)29-15-17-33(35-30(29)16-18-34(42)40-35)45-23-25-9-4-3-5-10-25/h3-18,20,24,31,37,41H,19,21-23H2,1-2H3,(H,40,42)(H2,38,39,43). The smallest absolute Gasteiger partial charge is 0.319 e. The Balaban J connectivity index is 1.16. The third-order valence-electron chi connectivity index (χ3n) is 7.51. The molecule has 0 aliphatic carbocycles. The molecule has 2 amide bonds. The summed E-state index contributed by atoms with van der Waals surface area (Å²) in [5, 5.41) is 21.0. The number of carbonyl (C=O) groups excluding carboxylic acids is 1. The molecular weight excluding hydrogens is 568 g/mol. The molecule has 0 spiro atoms. The number of benzene rings is 4. The lowest BCUT2D eigenvalue weighted by atomic mass is 10.0. The first kappa shape index (κ1) is 31.3. The number of methoxy groups -OCH3 is 1. The third kappa shape index (κ3) is 8.50. The molecule has 5 N–H and O–H groups in total. The second kappa shape index (κ2) is 15.1. The van der Waals surface area contributed by atoms with E-state index in [1.807, 2.05) is 91.9 Å². The van der Waals surface area contributed by atoms with E-state index in [9.17, 15) is 14.7 Å². The molecule has 2 unspecified atom stereocenters. The van der Waals surface area contributed by atoms with E-state index in [-0.39, 0.29) is 17.6 Å². The summed E-state index contributed by atoms with van der Waals surface area (Å²) < 4.78 is 11.4. The zero-order chi connectivity index (χ0) is 31.6. The molecule has 0 aliphatic rings. The molecule has 0 fully saturated rings. The number of amides is 2. The highest BCUT2D eigenvalue weighted by atomic mass is 16.5. The number of aromatic nitrogens is 1. The van der Waals surface area contributed by atoms with E-state index in [0.29, 0.717) is 48.6 Å². The molecule has 5 rings (SSSR count). The topological polar surface area (TPSA) is 125 Å². The quantitative estimate of drug-likeness (QED) is 0.117. The van der Waals surface area contributed by atoms with Crippen LogP contribution >= 0.6 is 0 Å². The Hall–Kier alpha value is -5.12. The molecule has 1 heterocycles. The van der Waals surface area contributed by atoms with Gasteiger partial charge in [0.15, 0.2) is 0 Å². The fourth-order valence-electron chi connectivity index (χ4n) is 5.22. The van der Waals surface area contributed by atoms with Gasteiger partial charge in [-0.1, -0.05) is 66.7 Å². The largest absolute Gasteiger partial charge is 0.496 e. The van der Waals surface area contributed by atoms with E-state index < -0.39 is 6.10 Å². The van der Waals surface area contributed by atoms with Crippen molar-refractivity contribution >= 4 is 22.6 Å². The number of anilines is 1. The van der Waals surface area contributed by atoms with Gasteiger partial charge in [-0.25, -0.2) is 4.79 Å². The van der Waals surface area contributed by atoms with Gasteiger partial charge in [-0.15, -0.1) is 0 Å². The lowest BCUT2D eigenvalue weighted by molar-refractivity contribution is 0.172. The number of rotatable bonds is 13. The van der Waals surface area contributed by atoms with Crippen LogP contribution in [-0.4, -0.2) is 35.8 Å². The number of urea groups is 1. The zero-order valence-electron chi connectivity index (χ0n) is 25.4. The maximum absolute atomic E-state index is 12.5. The van der Waals surface area contributed by atoms with Crippen molar-refractivity contribution in [2.24, 2.45) is 0 Å². The Labute approximate surface area is 262 Å². The van der Waals surface area contributed by atoms with Crippen LogP contribution in [0.5, 0.6) is 11.5 Å². The van der Waals surface area contributed by atoms with Crippen molar-refractivity contribution in [3.8, 4) is 11.5 Å². The molecule has 2 atom stereocenters. The second-order valence-electron chi connectivity index (χ2n) is 10.9. The molecule has 0 aliphatic heterocycles. The molecule has 0 saturated heterocycles. The number of carbonyl (C=O) groups is 1. The molecular formula is C36H38N4O5. The monoisotopic (exact) mass is 606 g/mol. The van der Waals surface area contributed by atoms with Crippen molar-refractivity contribution in [2.45, 2.75) is 38.6 Å². The molecule has 45 heavy (non-hydrogen) atoms. The highest BCUT2D eigenvalue weighted by Crippen LogP contribution is 2.30. The van der Waals surface area contributed by atoms with Gasteiger partial charge >= 0.3 is 6.03 Å². The summed E-state index contributed by atoms with van der Waals surface area (Å²) in [6.07, 6.45) is -0.130. The lowest BCUT2D eigenvalue weighted by Crippen LogP contribution is -2.32. The van der Waals surface area contributed by atoms with Crippen molar-refractivity contribution in [3.05, 3.63) is 136 Å². The molecule has 1 aromatic heterocycles. The minimum atomic E-state index is -0.816. The van der Waals surface area contributed by atoms with E-state index in [1.54, 1.807) is 19.2 Å². The van der Waals surface area contributed by atoms with Crippen LogP contribution in [0.15, 0.2) is 108 Å². The van der Waals surface area contributed by atoms with Gasteiger partial charge in [0.05, 0.1) is 18.7 Å². The Kier molecular flexibility index (Phi) is 10.5. The van der Waals surface area contributed by atoms with Gasteiger partial charge in [0.25, 0.3) is 0 Å². The van der Waals surface area contributed by atoms with Crippen LogP contribution in [0.3, 0.4) is 0 Å². The normalized spacial score (nSPS) is 12.3. The van der Waals surface area contributed by atoms with Crippen LogP contribution in [0.4, 0.5) is 10.5 Å². The predicted octanol–water partition coefficient (Wildman–Crippen LogP) is 5.69. The van der Waals surface area contributed by atoms with Crippen LogP contribution in [0.25, 0.3) is 10.9 Å². The molecule has 9 nitrogen and oxygen atoms in total. The molecule has 5 aromatic rings. The summed E-state index contributed by atoms with van der Waals surface area (Å²) in [5.74, 6) is 1.27.